The summed E-state index contributed by atoms with van der Waals surface area (Å²) >= 11 is 0. The topological polar surface area (TPSA) is 38.5 Å². The molecule has 2 aliphatic rings. The maximum atomic E-state index is 6.20. The third kappa shape index (κ3) is 3.25. The Balaban J connectivity index is 1.79. The second-order valence-electron chi connectivity index (χ2n) is 6.30. The molecule has 2 rings (SSSR count). The molecule has 0 aromatic heterocycles. The van der Waals surface area contributed by atoms with E-state index in [2.05, 4.69) is 18.7 Å². The van der Waals surface area contributed by atoms with E-state index in [1.165, 1.54) is 38.8 Å². The number of likely N-dealkylation sites (tertiary alicyclic amines) is 1. The molecule has 2 N–H and O–H groups in total. The van der Waals surface area contributed by atoms with Crippen molar-refractivity contribution in [2.24, 2.45) is 17.1 Å². The van der Waals surface area contributed by atoms with Crippen LogP contribution in [0.5, 0.6) is 0 Å². The molecule has 0 aromatic carbocycles. The molecule has 3 heteroatoms. The molecule has 2 aliphatic heterocycles. The lowest BCUT2D eigenvalue weighted by Gasteiger charge is -2.43. The van der Waals surface area contributed by atoms with Gasteiger partial charge in [0.25, 0.3) is 0 Å². The zero-order valence-electron chi connectivity index (χ0n) is 12.2. The SMILES string of the molecule is CCC1(CC)CCN(CC2COCCC2N)CC1. The normalized spacial score (nSPS) is 33.5. The van der Waals surface area contributed by atoms with Crippen LogP contribution in [-0.2, 0) is 4.74 Å². The minimum absolute atomic E-state index is 0.350. The Morgan fingerprint density at radius 3 is 2.44 bits per heavy atom. The molecule has 2 unspecified atom stereocenters. The number of ether oxygens (including phenoxy) is 1. The molecule has 2 heterocycles. The quantitative estimate of drug-likeness (QED) is 0.836. The molecular weight excluding hydrogens is 224 g/mol. The maximum absolute atomic E-state index is 6.20. The summed E-state index contributed by atoms with van der Waals surface area (Å²) in [6.45, 7) is 10.1. The van der Waals surface area contributed by atoms with Crippen molar-refractivity contribution in [1.82, 2.24) is 4.90 Å². The summed E-state index contributed by atoms with van der Waals surface area (Å²) < 4.78 is 5.57. The van der Waals surface area contributed by atoms with Crippen LogP contribution in [0.3, 0.4) is 0 Å². The van der Waals surface area contributed by atoms with Gasteiger partial charge in [0.1, 0.15) is 0 Å². The highest BCUT2D eigenvalue weighted by Gasteiger charge is 2.33. The molecule has 0 amide bonds. The minimum atomic E-state index is 0.350. The van der Waals surface area contributed by atoms with Crippen LogP contribution in [0, 0.1) is 11.3 Å². The van der Waals surface area contributed by atoms with Gasteiger partial charge in [0.15, 0.2) is 0 Å². The van der Waals surface area contributed by atoms with Crippen LogP contribution in [0.4, 0.5) is 0 Å². The summed E-state index contributed by atoms with van der Waals surface area (Å²) in [7, 11) is 0. The highest BCUT2D eigenvalue weighted by atomic mass is 16.5. The summed E-state index contributed by atoms with van der Waals surface area (Å²) in [6.07, 6.45) is 6.44. The van der Waals surface area contributed by atoms with Crippen LogP contribution < -0.4 is 5.73 Å². The van der Waals surface area contributed by atoms with Gasteiger partial charge in [-0.3, -0.25) is 0 Å². The molecule has 0 bridgehead atoms. The third-order valence-electron chi connectivity index (χ3n) is 5.44. The Hall–Kier alpha value is -0.120. The maximum Gasteiger partial charge on any atom is 0.0521 e. The van der Waals surface area contributed by atoms with Crippen LogP contribution in [0.15, 0.2) is 0 Å². The van der Waals surface area contributed by atoms with Gasteiger partial charge < -0.3 is 15.4 Å². The van der Waals surface area contributed by atoms with E-state index in [4.69, 9.17) is 10.5 Å². The Bertz CT molecular complexity index is 243. The number of hydrogen-bond acceptors (Lipinski definition) is 3. The van der Waals surface area contributed by atoms with Gasteiger partial charge in [0, 0.05) is 25.1 Å². The summed E-state index contributed by atoms with van der Waals surface area (Å²) in [5.41, 5.74) is 6.82. The van der Waals surface area contributed by atoms with Crippen LogP contribution in [0.25, 0.3) is 0 Å². The van der Waals surface area contributed by atoms with E-state index in [9.17, 15) is 0 Å². The van der Waals surface area contributed by atoms with Gasteiger partial charge in [-0.2, -0.15) is 0 Å². The van der Waals surface area contributed by atoms with Crippen LogP contribution in [0.2, 0.25) is 0 Å². The Morgan fingerprint density at radius 2 is 1.89 bits per heavy atom. The predicted octanol–water partition coefficient (Wildman–Crippen LogP) is 2.25. The van der Waals surface area contributed by atoms with Crippen molar-refractivity contribution in [1.29, 1.82) is 0 Å². The van der Waals surface area contributed by atoms with Gasteiger partial charge in [-0.1, -0.05) is 26.7 Å². The zero-order chi connectivity index (χ0) is 13.0. The van der Waals surface area contributed by atoms with E-state index in [1.54, 1.807) is 0 Å². The lowest BCUT2D eigenvalue weighted by molar-refractivity contribution is 0.0120. The minimum Gasteiger partial charge on any atom is -0.381 e. The van der Waals surface area contributed by atoms with Crippen LogP contribution >= 0.6 is 0 Å². The molecule has 106 valence electrons. The summed E-state index contributed by atoms with van der Waals surface area (Å²) in [5, 5.41) is 0. The van der Waals surface area contributed by atoms with Crippen molar-refractivity contribution in [3.8, 4) is 0 Å². The van der Waals surface area contributed by atoms with Crippen molar-refractivity contribution >= 4 is 0 Å². The number of rotatable bonds is 4. The second-order valence-corrected chi connectivity index (χ2v) is 6.30. The van der Waals surface area contributed by atoms with Gasteiger partial charge in [-0.15, -0.1) is 0 Å². The van der Waals surface area contributed by atoms with Crippen molar-refractivity contribution in [2.45, 2.75) is 52.0 Å². The molecule has 18 heavy (non-hydrogen) atoms. The average Bonchev–Trinajstić information content (AvgIpc) is 2.43. The van der Waals surface area contributed by atoms with E-state index in [0.29, 0.717) is 17.4 Å². The lowest BCUT2D eigenvalue weighted by atomic mass is 9.74. The average molecular weight is 254 g/mol. The van der Waals surface area contributed by atoms with E-state index < -0.39 is 0 Å². The Kier molecular flexibility index (Phi) is 5.05. The van der Waals surface area contributed by atoms with Gasteiger partial charge in [-0.25, -0.2) is 0 Å². The first-order valence-electron chi connectivity index (χ1n) is 7.75. The largest absolute Gasteiger partial charge is 0.381 e. The molecule has 0 aromatic rings. The van der Waals surface area contributed by atoms with E-state index in [0.717, 1.165) is 26.2 Å². The highest BCUT2D eigenvalue weighted by Crippen LogP contribution is 2.38. The van der Waals surface area contributed by atoms with Gasteiger partial charge in [-0.05, 0) is 37.8 Å². The van der Waals surface area contributed by atoms with Crippen molar-refractivity contribution in [3.63, 3.8) is 0 Å². The van der Waals surface area contributed by atoms with E-state index in [1.807, 2.05) is 0 Å². The molecule has 2 atom stereocenters. The number of nitrogens with two attached hydrogens (primary N) is 1. The molecule has 2 fully saturated rings. The standard InChI is InChI=1S/C15H30N2O/c1-3-15(4-2)6-8-17(9-7-15)11-13-12-18-10-5-14(13)16/h13-14H,3-12,16H2,1-2H3. The molecule has 2 saturated heterocycles. The van der Waals surface area contributed by atoms with E-state index in [-0.39, 0.29) is 0 Å². The smallest absolute Gasteiger partial charge is 0.0521 e. The highest BCUT2D eigenvalue weighted by molar-refractivity contribution is 4.86. The Labute approximate surface area is 112 Å². The van der Waals surface area contributed by atoms with Gasteiger partial charge in [0.05, 0.1) is 6.61 Å². The van der Waals surface area contributed by atoms with Crippen LogP contribution in [-0.4, -0.2) is 43.8 Å². The first-order valence-corrected chi connectivity index (χ1v) is 7.75. The first kappa shape index (κ1) is 14.3. The molecular formula is C15H30N2O. The number of piperidine rings is 1. The fraction of sp³-hybridized carbons (Fsp3) is 1.00. The lowest BCUT2D eigenvalue weighted by Crippen LogP contribution is -2.48. The summed E-state index contributed by atoms with van der Waals surface area (Å²) in [5.74, 6) is 0.550. The summed E-state index contributed by atoms with van der Waals surface area (Å²) in [4.78, 5) is 2.61. The van der Waals surface area contributed by atoms with Gasteiger partial charge >= 0.3 is 0 Å². The van der Waals surface area contributed by atoms with Crippen LogP contribution in [0.1, 0.15) is 46.0 Å². The zero-order valence-corrected chi connectivity index (χ0v) is 12.2. The fourth-order valence-corrected chi connectivity index (χ4v) is 3.50. The Morgan fingerprint density at radius 1 is 1.22 bits per heavy atom. The van der Waals surface area contributed by atoms with Gasteiger partial charge in [0.2, 0.25) is 0 Å². The van der Waals surface area contributed by atoms with E-state index >= 15 is 0 Å². The molecule has 0 spiro atoms. The molecule has 0 saturated carbocycles. The van der Waals surface area contributed by atoms with Crippen molar-refractivity contribution < 1.29 is 4.74 Å². The fourth-order valence-electron chi connectivity index (χ4n) is 3.50. The molecule has 0 aliphatic carbocycles. The monoisotopic (exact) mass is 254 g/mol. The number of hydrogen-bond donors (Lipinski definition) is 1. The molecule has 0 radical (unpaired) electrons. The second kappa shape index (κ2) is 6.36. The summed E-state index contributed by atoms with van der Waals surface area (Å²) in [6, 6.07) is 0.350. The third-order valence-corrected chi connectivity index (χ3v) is 5.44. The first-order chi connectivity index (χ1) is 8.69. The predicted molar refractivity (Wildman–Crippen MR) is 75.6 cm³/mol. The molecule has 3 nitrogen and oxygen atoms in total. The van der Waals surface area contributed by atoms with Crippen molar-refractivity contribution in [3.05, 3.63) is 0 Å². The number of nitrogens with zero attached hydrogens (tertiary/aromatic N) is 1. The van der Waals surface area contributed by atoms with Crippen molar-refractivity contribution in [2.75, 3.05) is 32.8 Å².